The van der Waals surface area contributed by atoms with Crippen molar-refractivity contribution in [3.05, 3.63) is 35.4 Å². The summed E-state index contributed by atoms with van der Waals surface area (Å²) in [5.41, 5.74) is 1.99. The standard InChI is InChI=1S/C16H24N2O2/c1-4-5-13-6-8-14(9-7-13)15(19)12-18(3)11-10-16(20)17-2/h6-9H,4-5,10-12H2,1-3H3,(H,17,20). The van der Waals surface area contributed by atoms with Gasteiger partial charge in [0.1, 0.15) is 0 Å². The van der Waals surface area contributed by atoms with Crippen molar-refractivity contribution in [1.82, 2.24) is 10.2 Å². The predicted octanol–water partition coefficient (Wildman–Crippen LogP) is 1.89. The maximum Gasteiger partial charge on any atom is 0.221 e. The van der Waals surface area contributed by atoms with E-state index in [-0.39, 0.29) is 11.7 Å². The number of Topliss-reactive ketones (excluding diaryl/α,β-unsaturated/α-hetero) is 1. The first-order chi connectivity index (χ1) is 9.56. The highest BCUT2D eigenvalue weighted by atomic mass is 16.1. The van der Waals surface area contributed by atoms with Crippen LogP contribution in [0.3, 0.4) is 0 Å². The first-order valence-electron chi connectivity index (χ1n) is 7.08. The maximum absolute atomic E-state index is 12.1. The van der Waals surface area contributed by atoms with Crippen LogP contribution in [0.25, 0.3) is 0 Å². The lowest BCUT2D eigenvalue weighted by Gasteiger charge is -2.15. The van der Waals surface area contributed by atoms with Crippen molar-refractivity contribution < 1.29 is 9.59 Å². The fourth-order valence-corrected chi connectivity index (χ4v) is 1.98. The molecule has 0 bridgehead atoms. The average molecular weight is 276 g/mol. The average Bonchev–Trinajstić information content (AvgIpc) is 2.45. The van der Waals surface area contributed by atoms with Crippen molar-refractivity contribution in [3.63, 3.8) is 0 Å². The number of hydrogen-bond acceptors (Lipinski definition) is 3. The monoisotopic (exact) mass is 276 g/mol. The van der Waals surface area contributed by atoms with Gasteiger partial charge in [0.05, 0.1) is 6.54 Å². The molecule has 1 N–H and O–H groups in total. The van der Waals surface area contributed by atoms with Crippen LogP contribution in [0.2, 0.25) is 0 Å². The summed E-state index contributed by atoms with van der Waals surface area (Å²) in [6, 6.07) is 7.81. The molecule has 110 valence electrons. The Morgan fingerprint density at radius 2 is 1.85 bits per heavy atom. The summed E-state index contributed by atoms with van der Waals surface area (Å²) in [5, 5.41) is 2.57. The Morgan fingerprint density at radius 1 is 1.20 bits per heavy atom. The molecule has 0 unspecified atom stereocenters. The summed E-state index contributed by atoms with van der Waals surface area (Å²) in [7, 11) is 3.47. The van der Waals surface area contributed by atoms with Gasteiger partial charge in [-0.05, 0) is 19.0 Å². The molecular weight excluding hydrogens is 252 g/mol. The number of hydrogen-bond donors (Lipinski definition) is 1. The first kappa shape index (κ1) is 16.4. The zero-order valence-electron chi connectivity index (χ0n) is 12.6. The predicted molar refractivity (Wildman–Crippen MR) is 80.9 cm³/mol. The fraction of sp³-hybridized carbons (Fsp3) is 0.500. The molecule has 4 nitrogen and oxygen atoms in total. The van der Waals surface area contributed by atoms with E-state index in [1.807, 2.05) is 36.2 Å². The third-order valence-corrected chi connectivity index (χ3v) is 3.23. The van der Waals surface area contributed by atoms with E-state index in [4.69, 9.17) is 0 Å². The minimum Gasteiger partial charge on any atom is -0.359 e. The van der Waals surface area contributed by atoms with Gasteiger partial charge in [0.2, 0.25) is 5.91 Å². The normalized spacial score (nSPS) is 10.6. The zero-order chi connectivity index (χ0) is 15.0. The minimum absolute atomic E-state index is 0.00628. The van der Waals surface area contributed by atoms with Crippen molar-refractivity contribution in [3.8, 4) is 0 Å². The van der Waals surface area contributed by atoms with Gasteiger partial charge in [-0.15, -0.1) is 0 Å². The maximum atomic E-state index is 12.1. The van der Waals surface area contributed by atoms with Crippen molar-refractivity contribution >= 4 is 11.7 Å². The van der Waals surface area contributed by atoms with Crippen molar-refractivity contribution in [2.75, 3.05) is 27.2 Å². The van der Waals surface area contributed by atoms with Crippen LogP contribution in [0.1, 0.15) is 35.7 Å². The number of likely N-dealkylation sites (N-methyl/N-ethyl adjacent to an activating group) is 1. The summed E-state index contributed by atoms with van der Waals surface area (Å²) in [6.45, 7) is 3.06. The number of carbonyl (C=O) groups is 2. The molecule has 1 amide bonds. The number of carbonyl (C=O) groups excluding carboxylic acids is 2. The van der Waals surface area contributed by atoms with E-state index in [1.54, 1.807) is 7.05 Å². The van der Waals surface area contributed by atoms with Gasteiger partial charge in [-0.2, -0.15) is 0 Å². The van der Waals surface area contributed by atoms with Crippen LogP contribution in [0.5, 0.6) is 0 Å². The highest BCUT2D eigenvalue weighted by Gasteiger charge is 2.10. The van der Waals surface area contributed by atoms with Crippen LogP contribution >= 0.6 is 0 Å². The highest BCUT2D eigenvalue weighted by Crippen LogP contribution is 2.08. The van der Waals surface area contributed by atoms with Crippen LogP contribution in [-0.4, -0.2) is 43.8 Å². The lowest BCUT2D eigenvalue weighted by atomic mass is 10.1. The summed E-state index contributed by atoms with van der Waals surface area (Å²) < 4.78 is 0. The van der Waals surface area contributed by atoms with E-state index < -0.39 is 0 Å². The van der Waals surface area contributed by atoms with E-state index in [2.05, 4.69) is 12.2 Å². The lowest BCUT2D eigenvalue weighted by molar-refractivity contribution is -0.120. The smallest absolute Gasteiger partial charge is 0.221 e. The topological polar surface area (TPSA) is 49.4 Å². The van der Waals surface area contributed by atoms with Crippen LogP contribution in [0, 0.1) is 0 Å². The molecule has 0 aliphatic heterocycles. The van der Waals surface area contributed by atoms with E-state index in [0.717, 1.165) is 18.4 Å². The van der Waals surface area contributed by atoms with E-state index in [1.165, 1.54) is 5.56 Å². The van der Waals surface area contributed by atoms with Crippen LogP contribution in [0.4, 0.5) is 0 Å². The molecule has 0 saturated heterocycles. The summed E-state index contributed by atoms with van der Waals surface area (Å²) >= 11 is 0. The molecule has 0 atom stereocenters. The van der Waals surface area contributed by atoms with E-state index in [9.17, 15) is 9.59 Å². The molecule has 0 radical (unpaired) electrons. The van der Waals surface area contributed by atoms with Crippen LogP contribution in [0.15, 0.2) is 24.3 Å². The van der Waals surface area contributed by atoms with Gasteiger partial charge in [0, 0.05) is 25.6 Å². The number of benzene rings is 1. The number of amides is 1. The summed E-state index contributed by atoms with van der Waals surface area (Å²) in [5.74, 6) is 0.0840. The Morgan fingerprint density at radius 3 is 2.40 bits per heavy atom. The number of nitrogens with one attached hydrogen (secondary N) is 1. The Labute approximate surface area is 121 Å². The molecule has 1 rings (SSSR count). The number of ketones is 1. The third kappa shape index (κ3) is 5.53. The Kier molecular flexibility index (Phi) is 6.94. The van der Waals surface area contributed by atoms with Crippen molar-refractivity contribution in [2.45, 2.75) is 26.2 Å². The fourth-order valence-electron chi connectivity index (χ4n) is 1.98. The highest BCUT2D eigenvalue weighted by molar-refractivity contribution is 5.97. The number of rotatable bonds is 8. The second-order valence-corrected chi connectivity index (χ2v) is 5.03. The molecule has 0 aliphatic rings. The first-order valence-corrected chi connectivity index (χ1v) is 7.08. The lowest BCUT2D eigenvalue weighted by Crippen LogP contribution is -2.30. The molecule has 20 heavy (non-hydrogen) atoms. The van der Waals surface area contributed by atoms with Gasteiger partial charge >= 0.3 is 0 Å². The Balaban J connectivity index is 2.47. The molecule has 4 heteroatoms. The number of aryl methyl sites for hydroxylation is 1. The van der Waals surface area contributed by atoms with E-state index >= 15 is 0 Å². The van der Waals surface area contributed by atoms with Crippen LogP contribution in [-0.2, 0) is 11.2 Å². The molecule has 0 heterocycles. The van der Waals surface area contributed by atoms with Gasteiger partial charge in [-0.3, -0.25) is 14.5 Å². The van der Waals surface area contributed by atoms with Gasteiger partial charge in [-0.1, -0.05) is 37.6 Å². The molecule has 0 spiro atoms. The minimum atomic E-state index is -0.00628. The molecule has 0 saturated carbocycles. The molecule has 0 aliphatic carbocycles. The second kappa shape index (κ2) is 8.48. The Hall–Kier alpha value is -1.68. The Bertz CT molecular complexity index is 440. The second-order valence-electron chi connectivity index (χ2n) is 5.03. The molecule has 1 aromatic rings. The zero-order valence-corrected chi connectivity index (χ0v) is 12.6. The summed E-state index contributed by atoms with van der Waals surface area (Å²) in [6.07, 6.45) is 2.56. The quantitative estimate of drug-likeness (QED) is 0.738. The van der Waals surface area contributed by atoms with Gasteiger partial charge < -0.3 is 5.32 Å². The van der Waals surface area contributed by atoms with Gasteiger partial charge in [-0.25, -0.2) is 0 Å². The molecule has 0 aromatic heterocycles. The van der Waals surface area contributed by atoms with Gasteiger partial charge in [0.15, 0.2) is 5.78 Å². The van der Waals surface area contributed by atoms with Crippen LogP contribution < -0.4 is 5.32 Å². The number of nitrogens with zero attached hydrogens (tertiary/aromatic N) is 1. The van der Waals surface area contributed by atoms with Crippen molar-refractivity contribution in [2.24, 2.45) is 0 Å². The van der Waals surface area contributed by atoms with Gasteiger partial charge in [0.25, 0.3) is 0 Å². The van der Waals surface area contributed by atoms with E-state index in [0.29, 0.717) is 19.5 Å². The third-order valence-electron chi connectivity index (χ3n) is 3.23. The summed E-state index contributed by atoms with van der Waals surface area (Å²) in [4.78, 5) is 25.1. The SMILES string of the molecule is CCCc1ccc(C(=O)CN(C)CCC(=O)NC)cc1. The molecule has 1 aromatic carbocycles. The molecular formula is C16H24N2O2. The molecule has 0 fully saturated rings. The largest absolute Gasteiger partial charge is 0.359 e. The van der Waals surface area contributed by atoms with Crippen molar-refractivity contribution in [1.29, 1.82) is 0 Å².